The molecule has 0 saturated carbocycles. The number of benzene rings is 1. The molecule has 1 aromatic rings. The first-order valence-electron chi connectivity index (χ1n) is 9.38. The highest BCUT2D eigenvalue weighted by Crippen LogP contribution is 2.26. The highest BCUT2D eigenvalue weighted by molar-refractivity contribution is 5.89. The molecular formula is C20H25NO9. The van der Waals surface area contributed by atoms with E-state index in [1.165, 1.54) is 20.8 Å². The molecule has 1 fully saturated rings. The van der Waals surface area contributed by atoms with Crippen LogP contribution >= 0.6 is 0 Å². The summed E-state index contributed by atoms with van der Waals surface area (Å²) in [6, 6.07) is 6.38. The van der Waals surface area contributed by atoms with Gasteiger partial charge in [0.15, 0.2) is 24.5 Å². The van der Waals surface area contributed by atoms with Crippen LogP contribution in [0.4, 0.5) is 5.69 Å². The monoisotopic (exact) mass is 423 g/mol. The third-order valence-electron chi connectivity index (χ3n) is 4.06. The van der Waals surface area contributed by atoms with Crippen LogP contribution in [-0.2, 0) is 38.1 Å². The molecule has 0 radical (unpaired) electrons. The Kier molecular flexibility index (Phi) is 8.16. The Hall–Kier alpha value is -3.14. The van der Waals surface area contributed by atoms with Crippen molar-refractivity contribution in [2.24, 2.45) is 0 Å². The Morgan fingerprint density at radius 3 is 2.03 bits per heavy atom. The summed E-state index contributed by atoms with van der Waals surface area (Å²) in [5, 5.41) is 3.03. The van der Waals surface area contributed by atoms with E-state index in [1.54, 1.807) is 31.2 Å². The summed E-state index contributed by atoms with van der Waals surface area (Å²) >= 11 is 0. The zero-order valence-electron chi connectivity index (χ0n) is 17.2. The van der Waals surface area contributed by atoms with Crippen LogP contribution in [0.5, 0.6) is 0 Å². The minimum Gasteiger partial charge on any atom is -0.462 e. The summed E-state index contributed by atoms with van der Waals surface area (Å²) < 4.78 is 26.4. The molecule has 4 atom stereocenters. The lowest BCUT2D eigenvalue weighted by Gasteiger charge is -2.40. The van der Waals surface area contributed by atoms with Crippen LogP contribution in [0.2, 0.25) is 0 Å². The minimum atomic E-state index is -1.09. The van der Waals surface area contributed by atoms with Gasteiger partial charge < -0.3 is 29.0 Å². The number of rotatable bonds is 7. The van der Waals surface area contributed by atoms with Crippen LogP contribution in [0.1, 0.15) is 38.1 Å². The van der Waals surface area contributed by atoms with Crippen LogP contribution in [0, 0.1) is 0 Å². The van der Waals surface area contributed by atoms with E-state index in [2.05, 4.69) is 5.32 Å². The highest BCUT2D eigenvalue weighted by atomic mass is 16.6. The summed E-state index contributed by atoms with van der Waals surface area (Å²) in [5.74, 6) is -2.30. The molecule has 1 aromatic carbocycles. The highest BCUT2D eigenvalue weighted by Gasteiger charge is 2.46. The second kappa shape index (κ2) is 10.6. The van der Waals surface area contributed by atoms with Crippen molar-refractivity contribution in [3.63, 3.8) is 0 Å². The van der Waals surface area contributed by atoms with Crippen molar-refractivity contribution >= 4 is 29.6 Å². The molecule has 0 aromatic heterocycles. The van der Waals surface area contributed by atoms with Gasteiger partial charge in [-0.1, -0.05) is 0 Å². The van der Waals surface area contributed by atoms with Gasteiger partial charge in [0.25, 0.3) is 0 Å². The van der Waals surface area contributed by atoms with Crippen molar-refractivity contribution in [2.75, 3.05) is 18.5 Å². The maximum absolute atomic E-state index is 11.8. The average Bonchev–Trinajstić information content (AvgIpc) is 2.66. The molecule has 1 aliphatic heterocycles. The van der Waals surface area contributed by atoms with Gasteiger partial charge in [-0.25, -0.2) is 4.79 Å². The van der Waals surface area contributed by atoms with E-state index < -0.39 is 48.4 Å². The number of nitrogens with one attached hydrogen (secondary N) is 1. The Morgan fingerprint density at radius 1 is 0.933 bits per heavy atom. The van der Waals surface area contributed by atoms with E-state index in [9.17, 15) is 19.2 Å². The van der Waals surface area contributed by atoms with Gasteiger partial charge in [0.05, 0.1) is 18.8 Å². The van der Waals surface area contributed by atoms with Crippen molar-refractivity contribution in [3.05, 3.63) is 29.8 Å². The fourth-order valence-electron chi connectivity index (χ4n) is 2.95. The van der Waals surface area contributed by atoms with Gasteiger partial charge in [-0.15, -0.1) is 0 Å². The second-order valence-electron chi connectivity index (χ2n) is 6.49. The Bertz CT molecular complexity index is 777. The van der Waals surface area contributed by atoms with Crippen molar-refractivity contribution in [1.29, 1.82) is 0 Å². The molecule has 164 valence electrons. The molecule has 0 aliphatic carbocycles. The third kappa shape index (κ3) is 6.45. The number of hydrogen-bond donors (Lipinski definition) is 1. The average molecular weight is 423 g/mol. The van der Waals surface area contributed by atoms with Crippen molar-refractivity contribution in [3.8, 4) is 0 Å². The molecule has 0 amide bonds. The molecule has 1 aliphatic rings. The van der Waals surface area contributed by atoms with Gasteiger partial charge in [0.1, 0.15) is 0 Å². The number of anilines is 1. The molecule has 30 heavy (non-hydrogen) atoms. The number of ether oxygens (including phenoxy) is 5. The first-order chi connectivity index (χ1) is 14.2. The predicted molar refractivity (Wildman–Crippen MR) is 102 cm³/mol. The summed E-state index contributed by atoms with van der Waals surface area (Å²) in [6.07, 6.45) is -4.01. The van der Waals surface area contributed by atoms with Crippen LogP contribution in [0.3, 0.4) is 0 Å². The molecule has 10 nitrogen and oxygen atoms in total. The van der Waals surface area contributed by atoms with Crippen LogP contribution < -0.4 is 5.32 Å². The quantitative estimate of drug-likeness (QED) is 0.508. The lowest BCUT2D eigenvalue weighted by atomic mass is 10.0. The molecule has 1 saturated heterocycles. The fourth-order valence-corrected chi connectivity index (χ4v) is 2.95. The van der Waals surface area contributed by atoms with Gasteiger partial charge in [-0.05, 0) is 31.2 Å². The molecule has 1 N–H and O–H groups in total. The zero-order valence-corrected chi connectivity index (χ0v) is 17.2. The van der Waals surface area contributed by atoms with E-state index in [1.807, 2.05) is 0 Å². The van der Waals surface area contributed by atoms with E-state index in [4.69, 9.17) is 23.7 Å². The van der Waals surface area contributed by atoms with Crippen LogP contribution in [-0.4, -0.2) is 61.6 Å². The Labute approximate surface area is 173 Å². The van der Waals surface area contributed by atoms with Crippen molar-refractivity contribution < 1.29 is 42.9 Å². The normalized spacial score (nSPS) is 23.1. The largest absolute Gasteiger partial charge is 0.462 e. The summed E-state index contributed by atoms with van der Waals surface area (Å²) in [4.78, 5) is 46.4. The van der Waals surface area contributed by atoms with Gasteiger partial charge in [0.2, 0.25) is 0 Å². The maximum Gasteiger partial charge on any atom is 0.338 e. The van der Waals surface area contributed by atoms with Crippen LogP contribution in [0.15, 0.2) is 24.3 Å². The number of hydrogen-bond acceptors (Lipinski definition) is 10. The zero-order chi connectivity index (χ0) is 22.3. The summed E-state index contributed by atoms with van der Waals surface area (Å²) in [6.45, 7) is 5.49. The molecular weight excluding hydrogens is 398 g/mol. The van der Waals surface area contributed by atoms with Gasteiger partial charge in [-0.2, -0.15) is 0 Å². The first-order valence-corrected chi connectivity index (χ1v) is 9.38. The first kappa shape index (κ1) is 23.1. The predicted octanol–water partition coefficient (Wildman–Crippen LogP) is 1.43. The lowest BCUT2D eigenvalue weighted by molar-refractivity contribution is -0.221. The molecule has 0 unspecified atom stereocenters. The third-order valence-corrected chi connectivity index (χ3v) is 4.06. The second-order valence-corrected chi connectivity index (χ2v) is 6.49. The Morgan fingerprint density at radius 2 is 1.50 bits per heavy atom. The topological polar surface area (TPSA) is 126 Å². The van der Waals surface area contributed by atoms with Crippen LogP contribution in [0.25, 0.3) is 0 Å². The summed E-state index contributed by atoms with van der Waals surface area (Å²) in [5.41, 5.74) is 0.925. The fraction of sp³-hybridized carbons (Fsp3) is 0.500. The smallest absolute Gasteiger partial charge is 0.338 e. The van der Waals surface area contributed by atoms with E-state index in [-0.39, 0.29) is 13.2 Å². The van der Waals surface area contributed by atoms with E-state index in [0.717, 1.165) is 0 Å². The molecule has 0 bridgehead atoms. The molecule has 10 heteroatoms. The van der Waals surface area contributed by atoms with E-state index in [0.29, 0.717) is 11.3 Å². The lowest BCUT2D eigenvalue weighted by Crippen LogP contribution is -2.59. The SMILES string of the molecule is CCOC(=O)c1ccc(N[C@@H]2OC[C@@H](OC(C)=O)[C@H](OC(C)=O)[C@H]2OC(C)=O)cc1. The molecule has 1 heterocycles. The van der Waals surface area contributed by atoms with Gasteiger partial charge in [0, 0.05) is 26.5 Å². The molecule has 2 rings (SSSR count). The summed E-state index contributed by atoms with van der Waals surface area (Å²) in [7, 11) is 0. The van der Waals surface area contributed by atoms with Crippen molar-refractivity contribution in [2.45, 2.75) is 52.2 Å². The molecule has 0 spiro atoms. The van der Waals surface area contributed by atoms with Gasteiger partial charge in [-0.3, -0.25) is 14.4 Å². The Balaban J connectivity index is 2.22. The number of carbonyl (C=O) groups is 4. The van der Waals surface area contributed by atoms with Gasteiger partial charge >= 0.3 is 23.9 Å². The minimum absolute atomic E-state index is 0.0894. The van der Waals surface area contributed by atoms with E-state index >= 15 is 0 Å². The van der Waals surface area contributed by atoms with Crippen molar-refractivity contribution in [1.82, 2.24) is 0 Å². The number of carbonyl (C=O) groups excluding carboxylic acids is 4. The standard InChI is InChI=1S/C20H25NO9/c1-5-26-20(25)14-6-8-15(9-7-14)21-19-18(30-13(4)24)17(29-12(3)23)16(10-27-19)28-11(2)22/h6-9,16-19,21H,5,10H2,1-4H3/t16-,17+,18-,19-/m1/s1. The maximum atomic E-state index is 11.8. The number of esters is 4.